The minimum absolute atomic E-state index is 0.115. The molecule has 0 aliphatic carbocycles. The van der Waals surface area contributed by atoms with Crippen LogP contribution in [0.5, 0.6) is 0 Å². The summed E-state index contributed by atoms with van der Waals surface area (Å²) in [7, 11) is 0. The van der Waals surface area contributed by atoms with Gasteiger partial charge in [-0.3, -0.25) is 9.59 Å². The van der Waals surface area contributed by atoms with E-state index >= 15 is 0 Å². The van der Waals surface area contributed by atoms with Gasteiger partial charge in [0.15, 0.2) is 5.78 Å². The third kappa shape index (κ3) is 2.39. The Morgan fingerprint density at radius 3 is 2.67 bits per heavy atom. The molecule has 1 saturated heterocycles. The van der Waals surface area contributed by atoms with E-state index in [9.17, 15) is 9.59 Å². The van der Waals surface area contributed by atoms with Crippen molar-refractivity contribution >= 4 is 23.5 Å². The van der Waals surface area contributed by atoms with E-state index in [-0.39, 0.29) is 17.7 Å². The number of carbonyl (C=O) groups excluding carboxylic acids is 2. The average molecular weight is 221 g/mol. The van der Waals surface area contributed by atoms with Crippen LogP contribution in [0, 0.1) is 0 Å². The Hall–Kier alpha value is -1.29. The zero-order valence-corrected chi connectivity index (χ0v) is 8.92. The van der Waals surface area contributed by atoms with Gasteiger partial charge in [0.2, 0.25) is 0 Å². The molecule has 15 heavy (non-hydrogen) atoms. The van der Waals surface area contributed by atoms with Crippen molar-refractivity contribution in [1.82, 2.24) is 5.32 Å². The van der Waals surface area contributed by atoms with Crippen LogP contribution in [0.15, 0.2) is 30.3 Å². The van der Waals surface area contributed by atoms with Crippen molar-refractivity contribution in [2.24, 2.45) is 0 Å². The molecule has 0 saturated carbocycles. The van der Waals surface area contributed by atoms with E-state index < -0.39 is 0 Å². The van der Waals surface area contributed by atoms with Gasteiger partial charge >= 0.3 is 0 Å². The summed E-state index contributed by atoms with van der Waals surface area (Å²) < 4.78 is 0. The maximum absolute atomic E-state index is 11.7. The molecule has 1 N–H and O–H groups in total. The van der Waals surface area contributed by atoms with Gasteiger partial charge < -0.3 is 5.32 Å². The van der Waals surface area contributed by atoms with Crippen molar-refractivity contribution in [1.29, 1.82) is 0 Å². The first kappa shape index (κ1) is 10.2. The smallest absolute Gasteiger partial charge is 0.251 e. The zero-order chi connectivity index (χ0) is 10.7. The lowest BCUT2D eigenvalue weighted by Crippen LogP contribution is -2.39. The van der Waals surface area contributed by atoms with Gasteiger partial charge in [-0.05, 0) is 12.1 Å². The van der Waals surface area contributed by atoms with E-state index in [2.05, 4.69) is 5.32 Å². The second-order valence-corrected chi connectivity index (χ2v) is 4.40. The molecule has 0 spiro atoms. The van der Waals surface area contributed by atoms with Crippen molar-refractivity contribution < 1.29 is 9.59 Å². The second-order valence-electron chi connectivity index (χ2n) is 3.37. The molecule has 1 fully saturated rings. The molecule has 1 aromatic rings. The Labute approximate surface area is 92.2 Å². The number of hydrogen-bond donors (Lipinski definition) is 1. The third-order valence-electron chi connectivity index (χ3n) is 2.26. The lowest BCUT2D eigenvalue weighted by Gasteiger charge is -2.09. The fraction of sp³-hybridized carbons (Fsp3) is 0.273. The van der Waals surface area contributed by atoms with Crippen LogP contribution in [0.1, 0.15) is 10.4 Å². The van der Waals surface area contributed by atoms with Gasteiger partial charge in [0.1, 0.15) is 0 Å². The molecule has 0 bridgehead atoms. The Morgan fingerprint density at radius 2 is 2.07 bits per heavy atom. The van der Waals surface area contributed by atoms with E-state index in [1.807, 2.05) is 6.07 Å². The molecule has 0 radical (unpaired) electrons. The van der Waals surface area contributed by atoms with Crippen LogP contribution in [-0.4, -0.2) is 29.2 Å². The summed E-state index contributed by atoms with van der Waals surface area (Å²) in [5.74, 6) is 1.15. The molecule has 1 aromatic carbocycles. The largest absolute Gasteiger partial charge is 0.341 e. The van der Waals surface area contributed by atoms with Gasteiger partial charge in [-0.15, -0.1) is 0 Å². The van der Waals surface area contributed by atoms with Gasteiger partial charge in [-0.25, -0.2) is 0 Å². The topological polar surface area (TPSA) is 46.2 Å². The summed E-state index contributed by atoms with van der Waals surface area (Å²) >= 11 is 1.56. The molecule has 1 aliphatic rings. The molecule has 0 aromatic heterocycles. The first-order valence-electron chi connectivity index (χ1n) is 4.74. The Bertz CT molecular complexity index is 377. The highest BCUT2D eigenvalue weighted by Gasteiger charge is 2.26. The maximum Gasteiger partial charge on any atom is 0.251 e. The van der Waals surface area contributed by atoms with Crippen molar-refractivity contribution in [2.45, 2.75) is 6.04 Å². The quantitative estimate of drug-likeness (QED) is 0.813. The highest BCUT2D eigenvalue weighted by Crippen LogP contribution is 2.14. The monoisotopic (exact) mass is 221 g/mol. The molecule has 4 heteroatoms. The molecule has 1 heterocycles. The third-order valence-corrected chi connectivity index (χ3v) is 3.32. The molecule has 1 amide bonds. The van der Waals surface area contributed by atoms with Crippen LogP contribution in [-0.2, 0) is 4.79 Å². The number of carbonyl (C=O) groups is 2. The predicted octanol–water partition coefficient (Wildman–Crippen LogP) is 1.10. The van der Waals surface area contributed by atoms with E-state index in [0.717, 1.165) is 0 Å². The lowest BCUT2D eigenvalue weighted by atomic mass is 10.2. The summed E-state index contributed by atoms with van der Waals surface area (Å²) in [6.45, 7) is 0. The first-order chi connectivity index (χ1) is 7.27. The highest BCUT2D eigenvalue weighted by atomic mass is 32.2. The normalized spacial score (nSPS) is 20.3. The van der Waals surface area contributed by atoms with E-state index in [1.54, 1.807) is 36.0 Å². The zero-order valence-electron chi connectivity index (χ0n) is 8.10. The maximum atomic E-state index is 11.7. The van der Waals surface area contributed by atoms with Crippen LogP contribution >= 0.6 is 11.8 Å². The summed E-state index contributed by atoms with van der Waals surface area (Å²) in [5, 5.41) is 2.74. The predicted molar refractivity (Wildman–Crippen MR) is 60.0 cm³/mol. The fourth-order valence-electron chi connectivity index (χ4n) is 1.42. The van der Waals surface area contributed by atoms with Gasteiger partial charge in [-0.1, -0.05) is 18.2 Å². The van der Waals surface area contributed by atoms with E-state index in [1.165, 1.54) is 0 Å². The molecule has 1 aliphatic heterocycles. The SMILES string of the molecule is O=C(NC1CSCC1=O)c1ccccc1. The Morgan fingerprint density at radius 1 is 1.33 bits per heavy atom. The number of nitrogens with one attached hydrogen (secondary N) is 1. The number of rotatable bonds is 2. The van der Waals surface area contributed by atoms with Gasteiger partial charge in [0.25, 0.3) is 5.91 Å². The lowest BCUT2D eigenvalue weighted by molar-refractivity contribution is -0.117. The van der Waals surface area contributed by atoms with E-state index in [0.29, 0.717) is 17.1 Å². The van der Waals surface area contributed by atoms with Crippen LogP contribution in [0.2, 0.25) is 0 Å². The number of amides is 1. The van der Waals surface area contributed by atoms with Crippen LogP contribution in [0.25, 0.3) is 0 Å². The minimum Gasteiger partial charge on any atom is -0.341 e. The molecule has 1 atom stereocenters. The van der Waals surface area contributed by atoms with E-state index in [4.69, 9.17) is 0 Å². The first-order valence-corrected chi connectivity index (χ1v) is 5.89. The van der Waals surface area contributed by atoms with Crippen molar-refractivity contribution in [3.8, 4) is 0 Å². The van der Waals surface area contributed by atoms with Gasteiger partial charge in [-0.2, -0.15) is 11.8 Å². The number of ketones is 1. The Kier molecular flexibility index (Phi) is 3.06. The van der Waals surface area contributed by atoms with Gasteiger partial charge in [0, 0.05) is 11.3 Å². The molecule has 78 valence electrons. The standard InChI is InChI=1S/C11H11NO2S/c13-10-7-15-6-9(10)12-11(14)8-4-2-1-3-5-8/h1-5,9H,6-7H2,(H,12,14). The summed E-state index contributed by atoms with van der Waals surface area (Å²) in [6, 6.07) is 8.64. The van der Waals surface area contributed by atoms with Crippen LogP contribution < -0.4 is 5.32 Å². The number of benzene rings is 1. The molecular weight excluding hydrogens is 210 g/mol. The summed E-state index contributed by atoms with van der Waals surface area (Å²) in [4.78, 5) is 23.0. The number of hydrogen-bond acceptors (Lipinski definition) is 3. The Balaban J connectivity index is 2.01. The molecule has 1 unspecified atom stereocenters. The average Bonchev–Trinajstić information content (AvgIpc) is 2.66. The summed E-state index contributed by atoms with van der Waals surface area (Å²) in [5.41, 5.74) is 0.599. The molecule has 2 rings (SSSR count). The number of Topliss-reactive ketones (excluding diaryl/α,β-unsaturated/α-hetero) is 1. The van der Waals surface area contributed by atoms with Crippen molar-refractivity contribution in [3.05, 3.63) is 35.9 Å². The van der Waals surface area contributed by atoms with Gasteiger partial charge in [0.05, 0.1) is 11.8 Å². The van der Waals surface area contributed by atoms with Crippen LogP contribution in [0.3, 0.4) is 0 Å². The van der Waals surface area contributed by atoms with Crippen molar-refractivity contribution in [2.75, 3.05) is 11.5 Å². The minimum atomic E-state index is -0.303. The summed E-state index contributed by atoms with van der Waals surface area (Å²) in [6.07, 6.45) is 0. The molecule has 3 nitrogen and oxygen atoms in total. The second kappa shape index (κ2) is 4.49. The van der Waals surface area contributed by atoms with Crippen LogP contribution in [0.4, 0.5) is 0 Å². The molecular formula is C11H11NO2S. The highest BCUT2D eigenvalue weighted by molar-refractivity contribution is 8.00. The number of thioether (sulfide) groups is 1. The van der Waals surface area contributed by atoms with Crippen molar-refractivity contribution in [3.63, 3.8) is 0 Å². The fourth-order valence-corrected chi connectivity index (χ4v) is 2.45.